The summed E-state index contributed by atoms with van der Waals surface area (Å²) in [6, 6.07) is 32.5. The molecule has 4 aromatic carbocycles. The number of nitrogens with zero attached hydrogens (tertiary/aromatic N) is 4. The van der Waals surface area contributed by atoms with Crippen LogP contribution in [0, 0.1) is 0 Å². The first-order valence-corrected chi connectivity index (χ1v) is 19.5. The van der Waals surface area contributed by atoms with Gasteiger partial charge in [0.2, 0.25) is 0 Å². The second-order valence-electron chi connectivity index (χ2n) is 9.84. The van der Waals surface area contributed by atoms with Crippen LogP contribution in [-0.2, 0) is 0 Å². The van der Waals surface area contributed by atoms with E-state index in [9.17, 15) is 0 Å². The molecule has 5 aliphatic rings. The molecule has 0 saturated heterocycles. The summed E-state index contributed by atoms with van der Waals surface area (Å²) in [6.07, 6.45) is 0. The fourth-order valence-electron chi connectivity index (χ4n) is 5.35. The average molecular weight is 604 g/mol. The summed E-state index contributed by atoms with van der Waals surface area (Å²) in [6.45, 7) is 0. The molecule has 0 aromatic heterocycles. The maximum Gasteiger partial charge on any atom is 0.268 e. The lowest BCUT2D eigenvalue weighted by Gasteiger charge is -2.31. The summed E-state index contributed by atoms with van der Waals surface area (Å²) in [7, 11) is -11.3. The lowest BCUT2D eigenvalue weighted by Crippen LogP contribution is -2.07. The summed E-state index contributed by atoms with van der Waals surface area (Å²) < 4.78 is 22.3. The Morgan fingerprint density at radius 1 is 0.275 bits per heavy atom. The zero-order valence-electron chi connectivity index (χ0n) is 20.8. The predicted molar refractivity (Wildman–Crippen MR) is 172 cm³/mol. The lowest BCUT2D eigenvalue weighted by molar-refractivity contribution is 1.59. The number of anilines is 8. The molecule has 4 spiro atoms. The van der Waals surface area contributed by atoms with Gasteiger partial charge in [-0.2, -0.15) is 18.1 Å². The van der Waals surface area contributed by atoms with Crippen LogP contribution in [0.4, 0.5) is 45.5 Å². The third-order valence-electron chi connectivity index (χ3n) is 6.95. The summed E-state index contributed by atoms with van der Waals surface area (Å²) in [5, 5.41) is 29.5. The van der Waals surface area contributed by atoms with E-state index in [4.69, 9.17) is 18.1 Å². The van der Waals surface area contributed by atoms with Gasteiger partial charge in [-0.05, 0) is 48.5 Å². The summed E-state index contributed by atoms with van der Waals surface area (Å²) >= 11 is 0. The molecule has 0 amide bonds. The quantitative estimate of drug-likeness (QED) is 0.0926. The van der Waals surface area contributed by atoms with Gasteiger partial charge < -0.3 is 40.7 Å². The van der Waals surface area contributed by atoms with Gasteiger partial charge in [0.05, 0.1) is 45.5 Å². The van der Waals surface area contributed by atoms with Crippen LogP contribution in [0.3, 0.4) is 0 Å². The third-order valence-corrected chi connectivity index (χ3v) is 19.7. The van der Waals surface area contributed by atoms with Crippen LogP contribution in [0.15, 0.2) is 115 Å². The second-order valence-corrected chi connectivity index (χ2v) is 19.3. The molecule has 8 N–H and O–H groups in total. The maximum absolute atomic E-state index is 5.57. The molecule has 0 atom stereocenters. The topological polar surface area (TPSA) is 146 Å². The molecule has 12 nitrogen and oxygen atoms in total. The number of hydrogen-bond donors (Lipinski definition) is 8. The number of para-hydroxylation sites is 8. The molecule has 4 aromatic rings. The molecule has 0 aliphatic carbocycles. The van der Waals surface area contributed by atoms with Gasteiger partial charge in [0.15, 0.2) is 0 Å². The molecule has 5 heterocycles. The fraction of sp³-hybridized carbons (Fsp3) is 0. The Kier molecular flexibility index (Phi) is 4.53. The van der Waals surface area contributed by atoms with E-state index in [0.717, 1.165) is 45.5 Å². The Hall–Kier alpha value is -3.80. The molecule has 0 unspecified atom stereocenters. The Morgan fingerprint density at radius 2 is 0.425 bits per heavy atom. The minimum absolute atomic E-state index is 0.961. The monoisotopic (exact) mass is 604 g/mol. The number of fused-ring (bicyclic) bond motifs is 4. The number of nitrogens with one attached hydrogen (secondary N) is 8. The van der Waals surface area contributed by atoms with Crippen molar-refractivity contribution in [1.82, 2.24) is 0 Å². The van der Waals surface area contributed by atoms with Crippen molar-refractivity contribution in [3.63, 3.8) is 0 Å². The molecule has 0 saturated carbocycles. The van der Waals surface area contributed by atoms with E-state index in [-0.39, 0.29) is 0 Å². The van der Waals surface area contributed by atoms with Gasteiger partial charge in [0.1, 0.15) is 0 Å². The van der Waals surface area contributed by atoms with Crippen molar-refractivity contribution in [3.8, 4) is 0 Å². The standard InChI is InChI=1S/C24H24N12P4/c1-2-10-18-17(9-1)25-37(26-18)33-38(27-19-11-3-4-12-20(19)28-38)35-40(31-23-15-7-8-16-24(23)32-40)36-39(34-37)29-21-13-5-6-14-22(21)30-39/h1-16,25-32H. The number of hydrogen-bond acceptors (Lipinski definition) is 12. The number of rotatable bonds is 0. The fourth-order valence-corrected chi connectivity index (χ4v) is 20.5. The van der Waals surface area contributed by atoms with E-state index in [1.54, 1.807) is 0 Å². The zero-order valence-corrected chi connectivity index (χ0v) is 24.4. The molecule has 0 radical (unpaired) electrons. The first-order valence-electron chi connectivity index (χ1n) is 12.7. The van der Waals surface area contributed by atoms with Crippen molar-refractivity contribution in [1.29, 1.82) is 0 Å². The first-order chi connectivity index (χ1) is 19.5. The first kappa shape index (κ1) is 23.0. The van der Waals surface area contributed by atoms with Crippen molar-refractivity contribution >= 4 is 75.5 Å². The highest BCUT2D eigenvalue weighted by Crippen LogP contribution is 2.81. The lowest BCUT2D eigenvalue weighted by atomic mass is 10.3. The van der Waals surface area contributed by atoms with Gasteiger partial charge in [-0.1, -0.05) is 48.5 Å². The number of benzene rings is 4. The van der Waals surface area contributed by atoms with E-state index in [2.05, 4.69) is 40.7 Å². The van der Waals surface area contributed by atoms with E-state index in [0.29, 0.717) is 0 Å². The summed E-state index contributed by atoms with van der Waals surface area (Å²) in [5.74, 6) is 0. The largest absolute Gasteiger partial charge is 0.317 e. The Bertz CT molecular complexity index is 1580. The van der Waals surface area contributed by atoms with Crippen molar-refractivity contribution < 1.29 is 0 Å². The van der Waals surface area contributed by atoms with Gasteiger partial charge in [-0.3, -0.25) is 0 Å². The van der Waals surface area contributed by atoms with E-state index >= 15 is 0 Å². The van der Waals surface area contributed by atoms with Crippen molar-refractivity contribution in [3.05, 3.63) is 97.1 Å². The summed E-state index contributed by atoms with van der Waals surface area (Å²) in [4.78, 5) is 0. The zero-order chi connectivity index (χ0) is 26.4. The third kappa shape index (κ3) is 3.47. The molecule has 5 aliphatic heterocycles. The molecule has 40 heavy (non-hydrogen) atoms. The predicted octanol–water partition coefficient (Wildman–Crippen LogP) is 9.94. The Balaban J connectivity index is 1.33. The van der Waals surface area contributed by atoms with Crippen LogP contribution in [0.5, 0.6) is 0 Å². The van der Waals surface area contributed by atoms with Crippen molar-refractivity contribution in [2.24, 2.45) is 18.1 Å². The average Bonchev–Trinajstić information content (AvgIpc) is 3.66. The highest BCUT2D eigenvalue weighted by Gasteiger charge is 2.45. The van der Waals surface area contributed by atoms with E-state index < -0.39 is 30.0 Å². The summed E-state index contributed by atoms with van der Waals surface area (Å²) in [5.41, 5.74) is 7.69. The van der Waals surface area contributed by atoms with Crippen LogP contribution in [0.25, 0.3) is 0 Å². The van der Waals surface area contributed by atoms with Crippen LogP contribution in [0.1, 0.15) is 0 Å². The van der Waals surface area contributed by atoms with Gasteiger partial charge in [0.25, 0.3) is 30.0 Å². The van der Waals surface area contributed by atoms with Crippen molar-refractivity contribution in [2.45, 2.75) is 0 Å². The maximum atomic E-state index is 5.57. The Labute approximate surface area is 231 Å². The molecule has 9 rings (SSSR count). The normalized spacial score (nSPS) is 21.2. The smallest absolute Gasteiger partial charge is 0.268 e. The van der Waals surface area contributed by atoms with E-state index in [1.165, 1.54) is 0 Å². The van der Waals surface area contributed by atoms with Gasteiger partial charge in [-0.25, -0.2) is 0 Å². The Morgan fingerprint density at radius 3 is 0.575 bits per heavy atom. The highest BCUT2D eigenvalue weighted by molar-refractivity contribution is 7.90. The highest BCUT2D eigenvalue weighted by atomic mass is 31.3. The molecular formula is C24H24N12P4. The van der Waals surface area contributed by atoms with Gasteiger partial charge >= 0.3 is 0 Å². The van der Waals surface area contributed by atoms with Gasteiger partial charge in [0, 0.05) is 0 Å². The molecule has 0 fully saturated rings. The second kappa shape index (κ2) is 7.90. The van der Waals surface area contributed by atoms with Crippen LogP contribution < -0.4 is 40.7 Å². The van der Waals surface area contributed by atoms with Crippen LogP contribution >= 0.6 is 30.0 Å². The SMILES string of the molecule is c1ccc2c(c1)NP1(=NP3(=NP4(=NP5(=N1)Nc1ccccc1N5)Nc1ccccc1N4)Nc1ccccc1N3)N2. The molecular weight excluding hydrogens is 580 g/mol. The molecule has 16 heteroatoms. The van der Waals surface area contributed by atoms with Crippen LogP contribution in [-0.4, -0.2) is 0 Å². The van der Waals surface area contributed by atoms with Crippen molar-refractivity contribution in [2.75, 3.05) is 40.7 Å². The minimum atomic E-state index is -2.84. The van der Waals surface area contributed by atoms with Gasteiger partial charge in [-0.15, -0.1) is 0 Å². The van der Waals surface area contributed by atoms with E-state index in [1.807, 2.05) is 97.1 Å². The minimum Gasteiger partial charge on any atom is -0.317 e. The molecule has 200 valence electrons. The van der Waals surface area contributed by atoms with Crippen LogP contribution in [0.2, 0.25) is 0 Å². The molecule has 0 bridgehead atoms.